The molecule has 7 heteroatoms. The molecule has 1 aliphatic rings. The summed E-state index contributed by atoms with van der Waals surface area (Å²) in [7, 11) is 0. The predicted molar refractivity (Wildman–Crippen MR) is 72.5 cm³/mol. The molecule has 0 aromatic carbocycles. The highest BCUT2D eigenvalue weighted by molar-refractivity contribution is 5.83. The zero-order valence-electron chi connectivity index (χ0n) is 12.0. The summed E-state index contributed by atoms with van der Waals surface area (Å²) in [5, 5.41) is 21.1. The lowest BCUT2D eigenvalue weighted by Gasteiger charge is -2.21. The summed E-state index contributed by atoms with van der Waals surface area (Å²) in [5.74, 6) is -1.08. The van der Waals surface area contributed by atoms with E-state index in [0.29, 0.717) is 13.2 Å². The van der Waals surface area contributed by atoms with Crippen molar-refractivity contribution in [1.82, 2.24) is 10.2 Å². The van der Waals surface area contributed by atoms with Crippen LogP contribution < -0.4 is 5.32 Å². The molecule has 0 radical (unpaired) electrons. The van der Waals surface area contributed by atoms with Crippen LogP contribution in [-0.2, 0) is 9.53 Å². The molecule has 1 aliphatic heterocycles. The lowest BCUT2D eigenvalue weighted by molar-refractivity contribution is -0.141. The highest BCUT2D eigenvalue weighted by atomic mass is 16.5. The topological polar surface area (TPSA) is 99.1 Å². The number of unbranched alkanes of at least 4 members (excludes halogenated alkanes) is 1. The maximum Gasteiger partial charge on any atom is 0.326 e. The van der Waals surface area contributed by atoms with Crippen LogP contribution in [0.1, 0.15) is 33.1 Å². The summed E-state index contributed by atoms with van der Waals surface area (Å²) in [6.07, 6.45) is 1.13. The maximum atomic E-state index is 11.9. The second-order valence-electron chi connectivity index (χ2n) is 5.25. The Bertz CT molecular complexity index is 335. The summed E-state index contributed by atoms with van der Waals surface area (Å²) in [4.78, 5) is 24.0. The molecule has 2 atom stereocenters. The third-order valence-corrected chi connectivity index (χ3v) is 3.12. The molecule has 0 aromatic rings. The first-order valence-electron chi connectivity index (χ1n) is 6.98. The number of hydrogen-bond acceptors (Lipinski definition) is 4. The van der Waals surface area contributed by atoms with Gasteiger partial charge in [-0.05, 0) is 26.7 Å². The van der Waals surface area contributed by atoms with E-state index in [1.54, 1.807) is 0 Å². The van der Waals surface area contributed by atoms with E-state index in [9.17, 15) is 14.7 Å². The first kappa shape index (κ1) is 16.7. The van der Waals surface area contributed by atoms with Gasteiger partial charge >= 0.3 is 12.0 Å². The lowest BCUT2D eigenvalue weighted by Crippen LogP contribution is -2.46. The second kappa shape index (κ2) is 8.06. The summed E-state index contributed by atoms with van der Waals surface area (Å²) >= 11 is 0. The van der Waals surface area contributed by atoms with Crippen LogP contribution in [0.4, 0.5) is 4.79 Å². The molecule has 0 aromatic heterocycles. The number of hydrogen-bond donors (Lipinski definition) is 3. The number of amides is 2. The standard InChI is InChI=1S/C13H24N2O5/c1-9(2)20-6-4-3-5-14-13(19)15-8-10(16)7-11(15)12(17)18/h9-11,16H,3-8H2,1-2H3,(H,14,19)(H,17,18)/t10-,11-/m0/s1. The van der Waals surface area contributed by atoms with Crippen molar-refractivity contribution in [3.05, 3.63) is 0 Å². The van der Waals surface area contributed by atoms with Gasteiger partial charge < -0.3 is 25.2 Å². The lowest BCUT2D eigenvalue weighted by atomic mass is 10.2. The zero-order valence-corrected chi connectivity index (χ0v) is 12.0. The van der Waals surface area contributed by atoms with Crippen molar-refractivity contribution in [2.45, 2.75) is 51.4 Å². The number of β-amino-alcohol motifs (C(OH)–C–C–N with tert-alkyl or cyclic N) is 1. The summed E-state index contributed by atoms with van der Waals surface area (Å²) < 4.78 is 5.38. The molecule has 1 fully saturated rings. The fraction of sp³-hybridized carbons (Fsp3) is 0.846. The van der Waals surface area contributed by atoms with Crippen LogP contribution in [0.3, 0.4) is 0 Å². The molecule has 20 heavy (non-hydrogen) atoms. The van der Waals surface area contributed by atoms with Crippen LogP contribution in [0.25, 0.3) is 0 Å². The van der Waals surface area contributed by atoms with E-state index in [1.165, 1.54) is 4.90 Å². The number of carbonyl (C=O) groups excluding carboxylic acids is 1. The van der Waals surface area contributed by atoms with Crippen LogP contribution in [-0.4, -0.2) is 65.1 Å². The minimum Gasteiger partial charge on any atom is -0.480 e. The van der Waals surface area contributed by atoms with Crippen LogP contribution in [0.15, 0.2) is 0 Å². The van der Waals surface area contributed by atoms with E-state index in [2.05, 4.69) is 5.32 Å². The third-order valence-electron chi connectivity index (χ3n) is 3.12. The molecule has 1 heterocycles. The Morgan fingerprint density at radius 2 is 2.10 bits per heavy atom. The van der Waals surface area contributed by atoms with Crippen molar-refractivity contribution >= 4 is 12.0 Å². The van der Waals surface area contributed by atoms with Crippen molar-refractivity contribution in [3.8, 4) is 0 Å². The van der Waals surface area contributed by atoms with E-state index in [1.807, 2.05) is 13.8 Å². The minimum absolute atomic E-state index is 0.0687. The van der Waals surface area contributed by atoms with Crippen molar-refractivity contribution in [3.63, 3.8) is 0 Å². The molecule has 3 N–H and O–H groups in total. The number of carbonyl (C=O) groups is 2. The number of aliphatic carboxylic acids is 1. The molecule has 0 bridgehead atoms. The number of carboxylic acids is 1. The summed E-state index contributed by atoms with van der Waals surface area (Å²) in [6, 6.07) is -1.37. The van der Waals surface area contributed by atoms with Gasteiger partial charge in [-0.3, -0.25) is 0 Å². The van der Waals surface area contributed by atoms with Crippen LogP contribution in [0, 0.1) is 0 Å². The highest BCUT2D eigenvalue weighted by Crippen LogP contribution is 2.18. The molecule has 7 nitrogen and oxygen atoms in total. The molecular formula is C13H24N2O5. The Morgan fingerprint density at radius 1 is 1.40 bits per heavy atom. The number of nitrogens with one attached hydrogen (secondary N) is 1. The van der Waals surface area contributed by atoms with Gasteiger partial charge in [-0.25, -0.2) is 9.59 Å². The smallest absolute Gasteiger partial charge is 0.326 e. The fourth-order valence-corrected chi connectivity index (χ4v) is 2.12. The number of likely N-dealkylation sites (tertiary alicyclic amines) is 1. The number of aliphatic hydroxyl groups is 1. The van der Waals surface area contributed by atoms with Gasteiger partial charge in [0.25, 0.3) is 0 Å². The highest BCUT2D eigenvalue weighted by Gasteiger charge is 2.38. The average Bonchev–Trinajstić information content (AvgIpc) is 2.75. The number of rotatable bonds is 7. The molecule has 0 aliphatic carbocycles. The average molecular weight is 288 g/mol. The SMILES string of the molecule is CC(C)OCCCCNC(=O)N1C[C@@H](O)C[C@H]1C(=O)O. The molecule has 1 rings (SSSR count). The molecular weight excluding hydrogens is 264 g/mol. The first-order valence-corrected chi connectivity index (χ1v) is 6.98. The van der Waals surface area contributed by atoms with Gasteiger partial charge in [-0.15, -0.1) is 0 Å². The largest absolute Gasteiger partial charge is 0.480 e. The van der Waals surface area contributed by atoms with Crippen LogP contribution in [0.5, 0.6) is 0 Å². The number of aliphatic hydroxyl groups excluding tert-OH is 1. The Morgan fingerprint density at radius 3 is 2.70 bits per heavy atom. The van der Waals surface area contributed by atoms with E-state index >= 15 is 0 Å². The van der Waals surface area contributed by atoms with Gasteiger partial charge in [0.1, 0.15) is 6.04 Å². The van der Waals surface area contributed by atoms with Gasteiger partial charge in [0.2, 0.25) is 0 Å². The number of carboxylic acid groups (broad SMARTS) is 1. The molecule has 1 saturated heterocycles. The van der Waals surface area contributed by atoms with Crippen molar-refractivity contribution in [2.24, 2.45) is 0 Å². The normalized spacial score (nSPS) is 22.3. The Hall–Kier alpha value is -1.34. The van der Waals surface area contributed by atoms with E-state index in [4.69, 9.17) is 9.84 Å². The number of urea groups is 1. The molecule has 116 valence electrons. The molecule has 0 unspecified atom stereocenters. The van der Waals surface area contributed by atoms with Gasteiger partial charge in [-0.2, -0.15) is 0 Å². The van der Waals surface area contributed by atoms with E-state index < -0.39 is 24.1 Å². The van der Waals surface area contributed by atoms with Gasteiger partial charge in [0, 0.05) is 26.1 Å². The fourth-order valence-electron chi connectivity index (χ4n) is 2.12. The Labute approximate surface area is 118 Å². The zero-order chi connectivity index (χ0) is 15.1. The second-order valence-corrected chi connectivity index (χ2v) is 5.25. The van der Waals surface area contributed by atoms with Crippen molar-refractivity contribution in [2.75, 3.05) is 19.7 Å². The predicted octanol–water partition coefficient (Wildman–Crippen LogP) is 0.421. The quantitative estimate of drug-likeness (QED) is 0.590. The van der Waals surface area contributed by atoms with Gasteiger partial charge in [0.05, 0.1) is 12.2 Å². The first-order chi connectivity index (χ1) is 9.41. The van der Waals surface area contributed by atoms with E-state index in [-0.39, 0.29) is 19.1 Å². The monoisotopic (exact) mass is 288 g/mol. The number of nitrogens with zero attached hydrogens (tertiary/aromatic N) is 1. The summed E-state index contributed by atoms with van der Waals surface area (Å²) in [5.41, 5.74) is 0. The van der Waals surface area contributed by atoms with Crippen molar-refractivity contribution in [1.29, 1.82) is 0 Å². The van der Waals surface area contributed by atoms with Crippen LogP contribution in [0.2, 0.25) is 0 Å². The minimum atomic E-state index is -1.08. The Kier molecular flexibility index (Phi) is 6.74. The molecule has 2 amide bonds. The number of ether oxygens (including phenoxy) is 1. The Balaban J connectivity index is 2.23. The molecule has 0 saturated carbocycles. The summed E-state index contributed by atoms with van der Waals surface area (Å²) in [6.45, 7) is 5.12. The molecule has 0 spiro atoms. The van der Waals surface area contributed by atoms with E-state index in [0.717, 1.165) is 12.8 Å². The van der Waals surface area contributed by atoms with Gasteiger partial charge in [-0.1, -0.05) is 0 Å². The third kappa shape index (κ3) is 5.34. The van der Waals surface area contributed by atoms with Crippen LogP contribution >= 0.6 is 0 Å². The maximum absolute atomic E-state index is 11.9. The van der Waals surface area contributed by atoms with Crippen molar-refractivity contribution < 1.29 is 24.5 Å². The van der Waals surface area contributed by atoms with Gasteiger partial charge in [0.15, 0.2) is 0 Å².